The first-order chi connectivity index (χ1) is 7.49. The van der Waals surface area contributed by atoms with Crippen molar-refractivity contribution in [2.75, 3.05) is 25.9 Å². The predicted octanol–water partition coefficient (Wildman–Crippen LogP) is -0.985. The summed E-state index contributed by atoms with van der Waals surface area (Å²) >= 11 is 0. The average Bonchev–Trinajstić information content (AvgIpc) is 2.26. The van der Waals surface area contributed by atoms with Crippen LogP contribution in [0, 0.1) is 11.8 Å². The quantitative estimate of drug-likeness (QED) is 0.625. The van der Waals surface area contributed by atoms with Crippen LogP contribution in [0.4, 0.5) is 0 Å². The van der Waals surface area contributed by atoms with Gasteiger partial charge in [-0.05, 0) is 5.92 Å². The highest BCUT2D eigenvalue weighted by atomic mass is 32.2. The van der Waals surface area contributed by atoms with E-state index in [1.807, 2.05) is 0 Å². The fourth-order valence-electron chi connectivity index (χ4n) is 3.11. The highest BCUT2D eigenvalue weighted by molar-refractivity contribution is 7.88. The molecule has 4 nitrogen and oxygen atoms in total. The van der Waals surface area contributed by atoms with E-state index in [1.54, 1.807) is 4.90 Å². The fraction of sp³-hybridized carbons (Fsp3) is 0.818. The molecule has 0 aromatic carbocycles. The van der Waals surface area contributed by atoms with E-state index in [1.165, 1.54) is 19.2 Å². The predicted molar refractivity (Wildman–Crippen MR) is 63.7 cm³/mol. The van der Waals surface area contributed by atoms with Crippen LogP contribution in [0.15, 0.2) is 12.7 Å². The SMILES string of the molecule is C=C[C@H]1C[NH+]2CC[C@@H]1C[C@@H]2CNS(C)(=O)=O. The van der Waals surface area contributed by atoms with Crippen LogP contribution in [-0.4, -0.2) is 40.3 Å². The van der Waals surface area contributed by atoms with E-state index in [9.17, 15) is 8.42 Å². The van der Waals surface area contributed by atoms with Gasteiger partial charge in [-0.25, -0.2) is 13.1 Å². The lowest BCUT2D eigenvalue weighted by atomic mass is 9.76. The van der Waals surface area contributed by atoms with Gasteiger partial charge < -0.3 is 4.90 Å². The first kappa shape index (κ1) is 12.1. The summed E-state index contributed by atoms with van der Waals surface area (Å²) in [5, 5.41) is 0. The van der Waals surface area contributed by atoms with E-state index in [-0.39, 0.29) is 0 Å². The molecule has 2 N–H and O–H groups in total. The van der Waals surface area contributed by atoms with Crippen molar-refractivity contribution in [3.63, 3.8) is 0 Å². The standard InChI is InChI=1S/C11H20N2O2S/c1-3-9-8-13-5-4-10(9)6-11(13)7-12-16(2,14)15/h3,9-12H,1,4-8H2,2H3/p+1/t9-,10+,11+/m0/s1. The second-order valence-corrected chi connectivity index (χ2v) is 6.95. The minimum absolute atomic E-state index is 0.463. The number of hydrogen-bond acceptors (Lipinski definition) is 2. The Hall–Kier alpha value is -0.390. The zero-order valence-corrected chi connectivity index (χ0v) is 10.6. The molecule has 3 aliphatic heterocycles. The minimum atomic E-state index is -3.04. The molecule has 0 aliphatic carbocycles. The number of quaternary nitrogens is 1. The summed E-state index contributed by atoms with van der Waals surface area (Å²) in [5.41, 5.74) is 0. The summed E-state index contributed by atoms with van der Waals surface area (Å²) in [6.07, 6.45) is 5.70. The molecule has 4 atom stereocenters. The molecule has 0 radical (unpaired) electrons. The van der Waals surface area contributed by atoms with Gasteiger partial charge in [0.1, 0.15) is 6.04 Å². The molecule has 0 aromatic rings. The molecule has 3 rings (SSSR count). The Morgan fingerprint density at radius 1 is 1.56 bits per heavy atom. The molecule has 0 spiro atoms. The summed E-state index contributed by atoms with van der Waals surface area (Å²) in [4.78, 5) is 1.54. The molecule has 92 valence electrons. The normalized spacial score (nSPS) is 38.6. The zero-order valence-electron chi connectivity index (χ0n) is 9.78. The average molecular weight is 245 g/mol. The van der Waals surface area contributed by atoms with Gasteiger partial charge in [0.05, 0.1) is 25.9 Å². The number of nitrogens with one attached hydrogen (secondary N) is 2. The van der Waals surface area contributed by atoms with Gasteiger partial charge in [0.15, 0.2) is 0 Å². The third-order valence-corrected chi connectivity index (χ3v) is 4.69. The highest BCUT2D eigenvalue weighted by Crippen LogP contribution is 2.27. The largest absolute Gasteiger partial charge is 0.331 e. The van der Waals surface area contributed by atoms with Crippen molar-refractivity contribution in [3.05, 3.63) is 12.7 Å². The Kier molecular flexibility index (Phi) is 3.37. The molecule has 0 aromatic heterocycles. The van der Waals surface area contributed by atoms with Gasteiger partial charge in [-0.2, -0.15) is 0 Å². The van der Waals surface area contributed by atoms with Gasteiger partial charge in [0.25, 0.3) is 0 Å². The Morgan fingerprint density at radius 3 is 2.81 bits per heavy atom. The molecule has 0 amide bonds. The lowest BCUT2D eigenvalue weighted by Gasteiger charge is -2.46. The molecule has 3 saturated heterocycles. The summed E-state index contributed by atoms with van der Waals surface area (Å²) < 4.78 is 24.8. The summed E-state index contributed by atoms with van der Waals surface area (Å²) in [6, 6.07) is 0.463. The first-order valence-corrected chi connectivity index (χ1v) is 7.80. The van der Waals surface area contributed by atoms with Gasteiger partial charge in [0.2, 0.25) is 10.0 Å². The van der Waals surface area contributed by atoms with Crippen LogP contribution in [0.3, 0.4) is 0 Å². The van der Waals surface area contributed by atoms with Crippen LogP contribution in [0.25, 0.3) is 0 Å². The van der Waals surface area contributed by atoms with Crippen LogP contribution in [0.1, 0.15) is 12.8 Å². The number of sulfonamides is 1. The smallest absolute Gasteiger partial charge is 0.208 e. The van der Waals surface area contributed by atoms with Gasteiger partial charge in [-0.1, -0.05) is 6.08 Å². The van der Waals surface area contributed by atoms with Crippen molar-refractivity contribution in [2.45, 2.75) is 18.9 Å². The van der Waals surface area contributed by atoms with Gasteiger partial charge in [0, 0.05) is 18.8 Å². The third-order valence-electron chi connectivity index (χ3n) is 4.00. The van der Waals surface area contributed by atoms with Crippen LogP contribution in [0.5, 0.6) is 0 Å². The maximum absolute atomic E-state index is 11.1. The molecule has 1 unspecified atom stereocenters. The maximum Gasteiger partial charge on any atom is 0.208 e. The third kappa shape index (κ3) is 2.64. The minimum Gasteiger partial charge on any atom is -0.331 e. The van der Waals surface area contributed by atoms with Crippen molar-refractivity contribution in [1.82, 2.24) is 4.72 Å². The number of rotatable bonds is 4. The molecule has 2 bridgehead atoms. The number of piperidine rings is 3. The van der Waals surface area contributed by atoms with Crippen molar-refractivity contribution in [3.8, 4) is 0 Å². The second-order valence-electron chi connectivity index (χ2n) is 5.11. The highest BCUT2D eigenvalue weighted by Gasteiger charge is 2.42. The summed E-state index contributed by atoms with van der Waals surface area (Å²) in [7, 11) is -3.04. The zero-order chi connectivity index (χ0) is 11.8. The second kappa shape index (κ2) is 4.47. The molecular formula is C11H21N2O2S+. The topological polar surface area (TPSA) is 50.6 Å². The van der Waals surface area contributed by atoms with E-state index in [0.29, 0.717) is 18.5 Å². The van der Waals surface area contributed by atoms with Gasteiger partial charge in [-0.15, -0.1) is 6.58 Å². The first-order valence-electron chi connectivity index (χ1n) is 5.91. The van der Waals surface area contributed by atoms with Crippen molar-refractivity contribution >= 4 is 10.0 Å². The molecule has 3 fully saturated rings. The lowest BCUT2D eigenvalue weighted by molar-refractivity contribution is -0.944. The van der Waals surface area contributed by atoms with E-state index in [0.717, 1.165) is 18.9 Å². The Labute approximate surface area is 97.8 Å². The number of hydrogen-bond donors (Lipinski definition) is 2. The van der Waals surface area contributed by atoms with Gasteiger partial charge >= 0.3 is 0 Å². The van der Waals surface area contributed by atoms with Gasteiger partial charge in [-0.3, -0.25) is 0 Å². The summed E-state index contributed by atoms with van der Waals surface area (Å²) in [6.45, 7) is 6.80. The van der Waals surface area contributed by atoms with E-state index >= 15 is 0 Å². The van der Waals surface area contributed by atoms with E-state index < -0.39 is 10.0 Å². The fourth-order valence-corrected chi connectivity index (χ4v) is 3.61. The maximum atomic E-state index is 11.1. The van der Waals surface area contributed by atoms with Crippen molar-refractivity contribution < 1.29 is 13.3 Å². The Morgan fingerprint density at radius 2 is 2.31 bits per heavy atom. The van der Waals surface area contributed by atoms with Crippen molar-refractivity contribution in [1.29, 1.82) is 0 Å². The van der Waals surface area contributed by atoms with Crippen LogP contribution in [-0.2, 0) is 10.0 Å². The molecule has 3 heterocycles. The van der Waals surface area contributed by atoms with Crippen LogP contribution < -0.4 is 9.62 Å². The lowest BCUT2D eigenvalue weighted by Crippen LogP contribution is -3.20. The molecule has 0 saturated carbocycles. The monoisotopic (exact) mass is 245 g/mol. The Balaban J connectivity index is 1.93. The Bertz CT molecular complexity index is 366. The molecular weight excluding hydrogens is 224 g/mol. The number of fused-ring (bicyclic) bond motifs is 3. The molecule has 16 heavy (non-hydrogen) atoms. The molecule has 3 aliphatic rings. The van der Waals surface area contributed by atoms with Crippen LogP contribution >= 0.6 is 0 Å². The summed E-state index contributed by atoms with van der Waals surface area (Å²) in [5.74, 6) is 1.36. The van der Waals surface area contributed by atoms with Crippen molar-refractivity contribution in [2.24, 2.45) is 11.8 Å². The van der Waals surface area contributed by atoms with E-state index in [4.69, 9.17) is 0 Å². The van der Waals surface area contributed by atoms with Crippen LogP contribution in [0.2, 0.25) is 0 Å². The van der Waals surface area contributed by atoms with E-state index in [2.05, 4.69) is 17.4 Å². The molecule has 5 heteroatoms.